The smallest absolute Gasteiger partial charge is 0.410 e. The fourth-order valence-electron chi connectivity index (χ4n) is 0.825. The van der Waals surface area contributed by atoms with Crippen LogP contribution in [0.3, 0.4) is 0 Å². The van der Waals surface area contributed by atoms with Crippen LogP contribution in [0.15, 0.2) is 0 Å². The highest BCUT2D eigenvalue weighted by atomic mass is 79.9. The van der Waals surface area contributed by atoms with Crippen molar-refractivity contribution in [3.8, 4) is 0 Å². The number of ether oxygens (including phenoxy) is 1. The van der Waals surface area contributed by atoms with Gasteiger partial charge in [-0.15, -0.1) is 0 Å². The van der Waals surface area contributed by atoms with Crippen LogP contribution in [-0.2, 0) is 4.74 Å². The molecule has 0 aliphatic heterocycles. The molecule has 16 heavy (non-hydrogen) atoms. The number of carbonyl (C=O) groups is 1. The normalized spacial score (nSPS) is 10.2. The first-order valence-corrected chi connectivity index (χ1v) is 7.75. The van der Waals surface area contributed by atoms with E-state index in [0.29, 0.717) is 13.1 Å². The summed E-state index contributed by atoms with van der Waals surface area (Å²) < 4.78 is 5.25. The minimum atomic E-state index is -0.423. The predicted octanol–water partition coefficient (Wildman–Crippen LogP) is 4.04. The first-order chi connectivity index (χ1) is 7.40. The second-order valence-electron chi connectivity index (χ2n) is 3.85. The van der Waals surface area contributed by atoms with Crippen molar-refractivity contribution in [3.05, 3.63) is 0 Å². The van der Waals surface area contributed by atoms with Crippen molar-refractivity contribution >= 4 is 38.0 Å². The zero-order chi connectivity index (χ0) is 13.2. The van der Waals surface area contributed by atoms with E-state index < -0.39 is 5.60 Å². The Morgan fingerprint density at radius 1 is 1.12 bits per heavy atom. The van der Waals surface area contributed by atoms with Gasteiger partial charge in [0.2, 0.25) is 0 Å². The molecule has 0 saturated heterocycles. The molecule has 0 aliphatic rings. The van der Waals surface area contributed by atoms with Gasteiger partial charge < -0.3 is 9.64 Å². The lowest BCUT2D eigenvalue weighted by Gasteiger charge is -2.26. The summed E-state index contributed by atoms with van der Waals surface area (Å²) in [7, 11) is 0. The van der Waals surface area contributed by atoms with Crippen LogP contribution in [0.5, 0.6) is 0 Å². The zero-order valence-electron chi connectivity index (χ0n) is 10.8. The Balaban J connectivity index is 0. The van der Waals surface area contributed by atoms with E-state index in [-0.39, 0.29) is 6.09 Å². The summed E-state index contributed by atoms with van der Waals surface area (Å²) in [4.78, 5) is 13.3. The Kier molecular flexibility index (Phi) is 12.1. The summed E-state index contributed by atoms with van der Waals surface area (Å²) in [5.74, 6) is 0. The molecular weight excluding hydrogens is 338 g/mol. The van der Waals surface area contributed by atoms with Crippen LogP contribution in [-0.4, -0.2) is 40.3 Å². The first kappa shape index (κ1) is 18.6. The van der Waals surface area contributed by atoms with Crippen molar-refractivity contribution in [2.45, 2.75) is 40.2 Å². The number of halogens is 2. The third-order valence-corrected chi connectivity index (χ3v) is 2.07. The van der Waals surface area contributed by atoms with Crippen LogP contribution in [0.25, 0.3) is 0 Å². The quantitative estimate of drug-likeness (QED) is 0.708. The molecule has 0 unspecified atom stereocenters. The van der Waals surface area contributed by atoms with Gasteiger partial charge in [-0.1, -0.05) is 45.7 Å². The third-order valence-electron chi connectivity index (χ3n) is 1.36. The first-order valence-electron chi connectivity index (χ1n) is 5.50. The highest BCUT2D eigenvalue weighted by Crippen LogP contribution is 2.10. The molecule has 0 fully saturated rings. The number of hydrogen-bond donors (Lipinski definition) is 0. The minimum absolute atomic E-state index is 0.253. The van der Waals surface area contributed by atoms with Gasteiger partial charge in [-0.05, 0) is 20.8 Å². The molecule has 0 aliphatic carbocycles. The van der Waals surface area contributed by atoms with Gasteiger partial charge in [-0.2, -0.15) is 0 Å². The molecule has 0 aromatic carbocycles. The molecule has 1 amide bonds. The van der Waals surface area contributed by atoms with Gasteiger partial charge in [0.1, 0.15) is 5.60 Å². The Bertz CT molecular complexity index is 175. The van der Waals surface area contributed by atoms with E-state index in [9.17, 15) is 4.79 Å². The molecule has 0 aromatic heterocycles. The average molecular weight is 361 g/mol. The topological polar surface area (TPSA) is 29.5 Å². The van der Waals surface area contributed by atoms with Crippen LogP contribution < -0.4 is 0 Å². The zero-order valence-corrected chi connectivity index (χ0v) is 14.0. The van der Waals surface area contributed by atoms with Gasteiger partial charge >= 0.3 is 6.09 Å². The summed E-state index contributed by atoms with van der Waals surface area (Å²) in [6.45, 7) is 10.9. The monoisotopic (exact) mass is 359 g/mol. The molecule has 98 valence electrons. The third kappa shape index (κ3) is 10.7. The second kappa shape index (κ2) is 10.4. The predicted molar refractivity (Wildman–Crippen MR) is 76.7 cm³/mol. The standard InChI is InChI=1S/C9H17Br2NO2.C2H6/c1-9(2,3)14-8(13)12(6-4-10)7-5-11;1-2/h4-7H2,1-3H3;1-2H3. The number of rotatable bonds is 4. The van der Waals surface area contributed by atoms with Crippen molar-refractivity contribution in [2.75, 3.05) is 23.7 Å². The number of hydrogen-bond acceptors (Lipinski definition) is 2. The second-order valence-corrected chi connectivity index (χ2v) is 5.43. The molecule has 0 spiro atoms. The van der Waals surface area contributed by atoms with Gasteiger partial charge in [-0.25, -0.2) is 4.79 Å². The molecule has 0 radical (unpaired) electrons. The molecule has 0 atom stereocenters. The largest absolute Gasteiger partial charge is 0.444 e. The molecule has 0 bridgehead atoms. The lowest BCUT2D eigenvalue weighted by Crippen LogP contribution is -2.38. The maximum Gasteiger partial charge on any atom is 0.410 e. The molecule has 0 N–H and O–H groups in total. The lowest BCUT2D eigenvalue weighted by atomic mass is 10.2. The van der Waals surface area contributed by atoms with E-state index in [4.69, 9.17) is 4.74 Å². The fourth-order valence-corrected chi connectivity index (χ4v) is 1.68. The lowest BCUT2D eigenvalue weighted by molar-refractivity contribution is 0.0275. The van der Waals surface area contributed by atoms with Crippen molar-refractivity contribution in [2.24, 2.45) is 0 Å². The van der Waals surface area contributed by atoms with Crippen LogP contribution in [0.1, 0.15) is 34.6 Å². The highest BCUT2D eigenvalue weighted by Gasteiger charge is 2.20. The van der Waals surface area contributed by atoms with E-state index >= 15 is 0 Å². The summed E-state index contributed by atoms with van der Waals surface area (Å²) in [5, 5.41) is 1.53. The summed E-state index contributed by atoms with van der Waals surface area (Å²) >= 11 is 6.61. The van der Waals surface area contributed by atoms with Crippen LogP contribution in [0.2, 0.25) is 0 Å². The summed E-state index contributed by atoms with van der Waals surface area (Å²) in [5.41, 5.74) is -0.423. The van der Waals surface area contributed by atoms with Crippen molar-refractivity contribution in [1.82, 2.24) is 4.90 Å². The van der Waals surface area contributed by atoms with E-state index in [1.807, 2.05) is 34.6 Å². The Labute approximate surface area is 116 Å². The van der Waals surface area contributed by atoms with E-state index in [1.165, 1.54) is 0 Å². The molecule has 0 saturated carbocycles. The van der Waals surface area contributed by atoms with Crippen LogP contribution in [0, 0.1) is 0 Å². The maximum absolute atomic E-state index is 11.6. The maximum atomic E-state index is 11.6. The molecule has 5 heteroatoms. The Hall–Kier alpha value is 0.230. The molecular formula is C11H23Br2NO2. The summed E-state index contributed by atoms with van der Waals surface area (Å²) in [6, 6.07) is 0. The van der Waals surface area contributed by atoms with E-state index in [0.717, 1.165) is 10.7 Å². The van der Waals surface area contributed by atoms with Crippen LogP contribution >= 0.6 is 31.9 Å². The Morgan fingerprint density at radius 2 is 1.50 bits per heavy atom. The van der Waals surface area contributed by atoms with Gasteiger partial charge in [0.25, 0.3) is 0 Å². The van der Waals surface area contributed by atoms with E-state index in [2.05, 4.69) is 31.9 Å². The average Bonchev–Trinajstić information content (AvgIpc) is 2.18. The van der Waals surface area contributed by atoms with Gasteiger partial charge in [-0.3, -0.25) is 0 Å². The fraction of sp³-hybridized carbons (Fsp3) is 0.909. The molecule has 3 nitrogen and oxygen atoms in total. The molecule has 0 aromatic rings. The highest BCUT2D eigenvalue weighted by molar-refractivity contribution is 9.09. The number of carbonyl (C=O) groups excluding carboxylic acids is 1. The number of amides is 1. The van der Waals surface area contributed by atoms with E-state index in [1.54, 1.807) is 4.90 Å². The van der Waals surface area contributed by atoms with Gasteiger partial charge in [0, 0.05) is 23.7 Å². The van der Waals surface area contributed by atoms with Gasteiger partial charge in [0.05, 0.1) is 0 Å². The summed E-state index contributed by atoms with van der Waals surface area (Å²) in [6.07, 6.45) is -0.253. The SMILES string of the molecule is CC.CC(C)(C)OC(=O)N(CCBr)CCBr. The minimum Gasteiger partial charge on any atom is -0.444 e. The van der Waals surface area contributed by atoms with Crippen molar-refractivity contribution < 1.29 is 9.53 Å². The van der Waals surface area contributed by atoms with Crippen molar-refractivity contribution in [1.29, 1.82) is 0 Å². The van der Waals surface area contributed by atoms with Crippen molar-refractivity contribution in [3.63, 3.8) is 0 Å². The Morgan fingerprint density at radius 3 is 1.75 bits per heavy atom. The van der Waals surface area contributed by atoms with Crippen LogP contribution in [0.4, 0.5) is 4.79 Å². The van der Waals surface area contributed by atoms with Gasteiger partial charge in [0.15, 0.2) is 0 Å². The number of nitrogens with zero attached hydrogens (tertiary/aromatic N) is 1. The number of alkyl halides is 2. The molecule has 0 rings (SSSR count). The molecule has 0 heterocycles.